The van der Waals surface area contributed by atoms with Crippen molar-refractivity contribution in [1.82, 2.24) is 0 Å². The van der Waals surface area contributed by atoms with Gasteiger partial charge in [-0.15, -0.1) is 0 Å². The molecule has 0 bridgehead atoms. The van der Waals surface area contributed by atoms with Crippen LogP contribution in [0.5, 0.6) is 0 Å². The first kappa shape index (κ1) is 7.99. The molecule has 0 aromatic heterocycles. The molecule has 57 valence electrons. The summed E-state index contributed by atoms with van der Waals surface area (Å²) in [5, 5.41) is 7.61. The maximum Gasteiger partial charge on any atom is 0.0386 e. The van der Waals surface area contributed by atoms with Crippen molar-refractivity contribution in [2.45, 2.75) is 19.8 Å². The van der Waals surface area contributed by atoms with E-state index >= 15 is 0 Å². The average molecular weight is 146 g/mol. The Kier molecular flexibility index (Phi) is 2.84. The summed E-state index contributed by atoms with van der Waals surface area (Å²) < 4.78 is 0. The average Bonchev–Trinajstić information content (AvgIpc) is 2.07. The first-order valence-corrected chi connectivity index (χ1v) is 3.88. The molecule has 0 heterocycles. The van der Waals surface area contributed by atoms with Crippen molar-refractivity contribution in [2.75, 3.05) is 0 Å². The number of hydrogen-bond donors (Lipinski definition) is 1. The lowest BCUT2D eigenvalue weighted by Gasteiger charge is -1.99. The summed E-state index contributed by atoms with van der Waals surface area (Å²) in [6.45, 7) is 2.08. The van der Waals surface area contributed by atoms with Crippen molar-refractivity contribution in [3.05, 3.63) is 35.9 Å². The molecule has 1 radical (unpaired) electrons. The van der Waals surface area contributed by atoms with E-state index in [1.165, 1.54) is 0 Å². The van der Waals surface area contributed by atoms with Crippen molar-refractivity contribution >= 4 is 5.71 Å². The fourth-order valence-electron chi connectivity index (χ4n) is 0.975. The third kappa shape index (κ3) is 2.19. The van der Waals surface area contributed by atoms with Gasteiger partial charge in [-0.2, -0.15) is 0 Å². The molecule has 0 aliphatic carbocycles. The second-order valence-electron chi connectivity index (χ2n) is 2.52. The number of benzene rings is 1. The molecule has 11 heavy (non-hydrogen) atoms. The first-order valence-electron chi connectivity index (χ1n) is 3.88. The molecule has 0 atom stereocenters. The van der Waals surface area contributed by atoms with Crippen LogP contribution in [0, 0.1) is 11.5 Å². The fraction of sp³-hybridized carbons (Fsp3) is 0.300. The van der Waals surface area contributed by atoms with Crippen LogP contribution in [0.25, 0.3) is 0 Å². The third-order valence-corrected chi connectivity index (χ3v) is 1.56. The van der Waals surface area contributed by atoms with Gasteiger partial charge in [-0.25, -0.2) is 0 Å². The highest BCUT2D eigenvalue weighted by Crippen LogP contribution is 2.03. The van der Waals surface area contributed by atoms with Gasteiger partial charge in [-0.3, -0.25) is 0 Å². The molecule has 0 saturated heterocycles. The Hall–Kier alpha value is -1.11. The molecule has 0 saturated carbocycles. The SMILES string of the molecule is CCCC(=N)c1c[c]ccc1. The topological polar surface area (TPSA) is 23.9 Å². The largest absolute Gasteiger partial charge is 0.305 e. The summed E-state index contributed by atoms with van der Waals surface area (Å²) in [6.07, 6.45) is 1.89. The van der Waals surface area contributed by atoms with Crippen molar-refractivity contribution in [2.24, 2.45) is 0 Å². The lowest BCUT2D eigenvalue weighted by molar-refractivity contribution is 0.986. The van der Waals surface area contributed by atoms with E-state index in [0.717, 1.165) is 18.4 Å². The molecule has 1 aromatic carbocycles. The standard InChI is InChI=1S/C10H12N/c1-2-6-10(11)9-7-4-3-5-8-9/h3-4,7-8,11H,2,6H2,1H3. The number of rotatable bonds is 3. The van der Waals surface area contributed by atoms with Gasteiger partial charge >= 0.3 is 0 Å². The zero-order chi connectivity index (χ0) is 8.10. The molecule has 1 nitrogen and oxygen atoms in total. The van der Waals surface area contributed by atoms with Gasteiger partial charge in [-0.1, -0.05) is 31.5 Å². The van der Waals surface area contributed by atoms with Crippen LogP contribution in [0.15, 0.2) is 24.3 Å². The Morgan fingerprint density at radius 2 is 2.45 bits per heavy atom. The molecular weight excluding hydrogens is 134 g/mol. The summed E-state index contributed by atoms with van der Waals surface area (Å²) in [6, 6.07) is 10.5. The van der Waals surface area contributed by atoms with E-state index in [2.05, 4.69) is 13.0 Å². The first-order chi connectivity index (χ1) is 5.34. The van der Waals surface area contributed by atoms with Gasteiger partial charge < -0.3 is 5.41 Å². The van der Waals surface area contributed by atoms with Crippen molar-refractivity contribution in [1.29, 1.82) is 5.41 Å². The van der Waals surface area contributed by atoms with Gasteiger partial charge in [0.25, 0.3) is 0 Å². The van der Waals surface area contributed by atoms with Crippen LogP contribution in [-0.2, 0) is 0 Å². The molecule has 0 amide bonds. The minimum absolute atomic E-state index is 0.712. The number of nitrogens with one attached hydrogen (secondary N) is 1. The Labute approximate surface area is 67.6 Å². The zero-order valence-corrected chi connectivity index (χ0v) is 6.72. The quantitative estimate of drug-likeness (QED) is 0.634. The predicted molar refractivity (Wildman–Crippen MR) is 47.0 cm³/mol. The monoisotopic (exact) mass is 146 g/mol. The molecule has 0 unspecified atom stereocenters. The van der Waals surface area contributed by atoms with Crippen molar-refractivity contribution < 1.29 is 0 Å². The van der Waals surface area contributed by atoms with E-state index in [0.29, 0.717) is 5.71 Å². The summed E-state index contributed by atoms with van der Waals surface area (Å²) in [5.74, 6) is 0. The molecule has 1 rings (SSSR count). The lowest BCUT2D eigenvalue weighted by atomic mass is 10.1. The predicted octanol–water partition coefficient (Wildman–Crippen LogP) is 2.65. The maximum atomic E-state index is 7.61. The highest BCUT2D eigenvalue weighted by Gasteiger charge is 1.96. The van der Waals surface area contributed by atoms with Crippen LogP contribution in [0.4, 0.5) is 0 Å². The minimum Gasteiger partial charge on any atom is -0.305 e. The van der Waals surface area contributed by atoms with Crippen molar-refractivity contribution in [3.8, 4) is 0 Å². The van der Waals surface area contributed by atoms with Crippen LogP contribution < -0.4 is 0 Å². The van der Waals surface area contributed by atoms with Crippen molar-refractivity contribution in [3.63, 3.8) is 0 Å². The third-order valence-electron chi connectivity index (χ3n) is 1.56. The molecule has 1 aromatic rings. The molecule has 1 N–H and O–H groups in total. The smallest absolute Gasteiger partial charge is 0.0386 e. The second-order valence-corrected chi connectivity index (χ2v) is 2.52. The van der Waals surface area contributed by atoms with E-state index in [1.807, 2.05) is 24.3 Å². The lowest BCUT2D eigenvalue weighted by Crippen LogP contribution is -1.96. The van der Waals surface area contributed by atoms with Gasteiger partial charge in [0.1, 0.15) is 0 Å². The molecular formula is C10H12N. The maximum absolute atomic E-state index is 7.61. The zero-order valence-electron chi connectivity index (χ0n) is 6.72. The summed E-state index contributed by atoms with van der Waals surface area (Å²) in [4.78, 5) is 0. The Balaban J connectivity index is 2.69. The van der Waals surface area contributed by atoms with Crippen LogP contribution >= 0.6 is 0 Å². The van der Waals surface area contributed by atoms with E-state index < -0.39 is 0 Å². The van der Waals surface area contributed by atoms with Gasteiger partial charge in [0.15, 0.2) is 0 Å². The molecule has 0 spiro atoms. The highest BCUT2D eigenvalue weighted by molar-refractivity contribution is 5.97. The van der Waals surface area contributed by atoms with Crippen LogP contribution in [0.1, 0.15) is 25.3 Å². The minimum atomic E-state index is 0.712. The Morgan fingerprint density at radius 1 is 1.64 bits per heavy atom. The fourth-order valence-corrected chi connectivity index (χ4v) is 0.975. The van der Waals surface area contributed by atoms with Crippen LogP contribution in [0.2, 0.25) is 0 Å². The summed E-state index contributed by atoms with van der Waals surface area (Å²) in [7, 11) is 0. The van der Waals surface area contributed by atoms with Gasteiger partial charge in [-0.05, 0) is 24.1 Å². The highest BCUT2D eigenvalue weighted by atomic mass is 14.4. The van der Waals surface area contributed by atoms with Gasteiger partial charge in [0.05, 0.1) is 0 Å². The Bertz CT molecular complexity index is 226. The van der Waals surface area contributed by atoms with Gasteiger partial charge in [0, 0.05) is 5.71 Å². The summed E-state index contributed by atoms with van der Waals surface area (Å²) >= 11 is 0. The molecule has 1 heteroatoms. The second kappa shape index (κ2) is 3.91. The molecule has 0 aliphatic heterocycles. The van der Waals surface area contributed by atoms with E-state index in [4.69, 9.17) is 5.41 Å². The van der Waals surface area contributed by atoms with E-state index in [-0.39, 0.29) is 0 Å². The van der Waals surface area contributed by atoms with Crippen LogP contribution in [-0.4, -0.2) is 5.71 Å². The van der Waals surface area contributed by atoms with E-state index in [9.17, 15) is 0 Å². The molecule has 0 aliphatic rings. The van der Waals surface area contributed by atoms with E-state index in [1.54, 1.807) is 0 Å². The number of hydrogen-bond acceptors (Lipinski definition) is 1. The van der Waals surface area contributed by atoms with Crippen LogP contribution in [0.3, 0.4) is 0 Å². The Morgan fingerprint density at radius 3 is 3.00 bits per heavy atom. The normalized spacial score (nSPS) is 9.55. The van der Waals surface area contributed by atoms with Gasteiger partial charge in [0.2, 0.25) is 0 Å². The summed E-state index contributed by atoms with van der Waals surface area (Å²) in [5.41, 5.74) is 1.71. The molecule has 0 fully saturated rings.